The van der Waals surface area contributed by atoms with Gasteiger partial charge in [0.05, 0.1) is 6.20 Å². The zero-order valence-corrected chi connectivity index (χ0v) is 10.4. The van der Waals surface area contributed by atoms with Crippen molar-refractivity contribution < 1.29 is 0 Å². The Balaban J connectivity index is 1.71. The second-order valence-electron chi connectivity index (χ2n) is 5.00. The van der Waals surface area contributed by atoms with Crippen molar-refractivity contribution in [1.29, 1.82) is 0 Å². The molecule has 0 radical (unpaired) electrons. The van der Waals surface area contributed by atoms with E-state index in [1.165, 1.54) is 19.3 Å². The third-order valence-corrected chi connectivity index (χ3v) is 3.98. The summed E-state index contributed by atoms with van der Waals surface area (Å²) in [6.45, 7) is 1.76. The third-order valence-electron chi connectivity index (χ3n) is 3.98. The van der Waals surface area contributed by atoms with Crippen LogP contribution < -0.4 is 11.1 Å². The van der Waals surface area contributed by atoms with Gasteiger partial charge in [-0.15, -0.1) is 0 Å². The van der Waals surface area contributed by atoms with Gasteiger partial charge in [-0.2, -0.15) is 5.10 Å². The highest BCUT2D eigenvalue weighted by atomic mass is 15.2. The van der Waals surface area contributed by atoms with Gasteiger partial charge >= 0.3 is 0 Å². The number of hydrogen-bond donors (Lipinski definition) is 2. The van der Waals surface area contributed by atoms with Crippen molar-refractivity contribution in [1.82, 2.24) is 14.6 Å². The Morgan fingerprint density at radius 3 is 3.11 bits per heavy atom. The molecule has 2 atom stereocenters. The summed E-state index contributed by atoms with van der Waals surface area (Å²) in [5.41, 5.74) is 6.84. The van der Waals surface area contributed by atoms with Gasteiger partial charge in [0.1, 0.15) is 5.52 Å². The summed E-state index contributed by atoms with van der Waals surface area (Å²) in [6.07, 6.45) is 9.28. The zero-order valence-electron chi connectivity index (χ0n) is 10.4. The Morgan fingerprint density at radius 1 is 1.33 bits per heavy atom. The van der Waals surface area contributed by atoms with E-state index >= 15 is 0 Å². The summed E-state index contributed by atoms with van der Waals surface area (Å²) in [7, 11) is 0. The van der Waals surface area contributed by atoms with Crippen LogP contribution in [-0.4, -0.2) is 27.7 Å². The number of nitrogens with one attached hydrogen (secondary N) is 1. The van der Waals surface area contributed by atoms with Crippen molar-refractivity contribution in [3.63, 3.8) is 0 Å². The average molecular weight is 245 g/mol. The fraction of sp³-hybridized carbons (Fsp3) is 0.538. The number of fused-ring (bicyclic) bond motifs is 1. The molecule has 2 heterocycles. The lowest BCUT2D eigenvalue weighted by molar-refractivity contribution is 0.414. The number of aromatic nitrogens is 3. The summed E-state index contributed by atoms with van der Waals surface area (Å²) in [6, 6.07) is 1.98. The molecule has 3 N–H and O–H groups in total. The molecule has 2 unspecified atom stereocenters. The van der Waals surface area contributed by atoms with Crippen LogP contribution in [0.15, 0.2) is 24.7 Å². The molecule has 5 heteroatoms. The Kier molecular flexibility index (Phi) is 3.15. The normalized spacial score (nSPS) is 23.6. The first kappa shape index (κ1) is 11.5. The molecule has 0 amide bonds. The lowest BCUT2D eigenvalue weighted by Crippen LogP contribution is -2.24. The minimum Gasteiger partial charge on any atom is -0.368 e. The van der Waals surface area contributed by atoms with Crippen LogP contribution in [0.1, 0.15) is 19.3 Å². The molecular weight excluding hydrogens is 226 g/mol. The summed E-state index contributed by atoms with van der Waals surface area (Å²) < 4.78 is 1.84. The van der Waals surface area contributed by atoms with Crippen LogP contribution >= 0.6 is 0 Å². The Hall–Kier alpha value is -1.62. The number of hydrogen-bond acceptors (Lipinski definition) is 4. The van der Waals surface area contributed by atoms with Crippen LogP contribution in [0.25, 0.3) is 5.52 Å². The molecule has 96 valence electrons. The number of nitrogens with zero attached hydrogens (tertiary/aromatic N) is 3. The van der Waals surface area contributed by atoms with Gasteiger partial charge in [0.15, 0.2) is 5.82 Å². The molecule has 18 heavy (non-hydrogen) atoms. The second-order valence-corrected chi connectivity index (χ2v) is 5.00. The van der Waals surface area contributed by atoms with Gasteiger partial charge in [0, 0.05) is 18.9 Å². The first-order valence-corrected chi connectivity index (χ1v) is 6.61. The molecule has 5 nitrogen and oxygen atoms in total. The Labute approximate surface area is 106 Å². The van der Waals surface area contributed by atoms with Crippen molar-refractivity contribution in [3.8, 4) is 0 Å². The summed E-state index contributed by atoms with van der Waals surface area (Å²) >= 11 is 0. The van der Waals surface area contributed by atoms with Gasteiger partial charge in [0.25, 0.3) is 0 Å². The van der Waals surface area contributed by atoms with E-state index in [4.69, 9.17) is 5.73 Å². The summed E-state index contributed by atoms with van der Waals surface area (Å²) in [5.74, 6) is 2.26. The standard InChI is InChI=1S/C13H19N5/c14-8-10-2-1-3-11(10)9-16-13-12-4-5-17-18(12)7-6-15-13/h4-7,10-11H,1-3,8-9,14H2,(H,15,16). The van der Waals surface area contributed by atoms with E-state index in [2.05, 4.69) is 15.4 Å². The highest BCUT2D eigenvalue weighted by Crippen LogP contribution is 2.31. The van der Waals surface area contributed by atoms with Gasteiger partial charge in [-0.25, -0.2) is 9.50 Å². The smallest absolute Gasteiger partial charge is 0.152 e. The molecule has 0 aliphatic heterocycles. The molecule has 0 saturated heterocycles. The van der Waals surface area contributed by atoms with Crippen LogP contribution in [0.3, 0.4) is 0 Å². The Morgan fingerprint density at radius 2 is 2.22 bits per heavy atom. The molecule has 2 aromatic heterocycles. The maximum absolute atomic E-state index is 5.81. The van der Waals surface area contributed by atoms with E-state index in [1.54, 1.807) is 12.4 Å². The van der Waals surface area contributed by atoms with Crippen LogP contribution in [-0.2, 0) is 0 Å². The molecule has 3 rings (SSSR count). The van der Waals surface area contributed by atoms with Crippen LogP contribution in [0, 0.1) is 11.8 Å². The monoisotopic (exact) mass is 245 g/mol. The molecule has 1 aliphatic rings. The minimum absolute atomic E-state index is 0.669. The van der Waals surface area contributed by atoms with Crippen molar-refractivity contribution in [2.75, 3.05) is 18.4 Å². The molecule has 1 fully saturated rings. The lowest BCUT2D eigenvalue weighted by atomic mass is 9.96. The number of nitrogens with two attached hydrogens (primary N) is 1. The largest absolute Gasteiger partial charge is 0.368 e. The first-order chi connectivity index (χ1) is 8.88. The molecule has 0 aromatic carbocycles. The molecular formula is C13H19N5. The van der Waals surface area contributed by atoms with Gasteiger partial charge in [0.2, 0.25) is 0 Å². The lowest BCUT2D eigenvalue weighted by Gasteiger charge is -2.18. The van der Waals surface area contributed by atoms with Gasteiger partial charge in [-0.3, -0.25) is 0 Å². The van der Waals surface area contributed by atoms with Crippen LogP contribution in [0.2, 0.25) is 0 Å². The Bertz CT molecular complexity index is 521. The zero-order chi connectivity index (χ0) is 12.4. The minimum atomic E-state index is 0.669. The quantitative estimate of drug-likeness (QED) is 0.857. The predicted molar refractivity (Wildman–Crippen MR) is 71.4 cm³/mol. The highest BCUT2D eigenvalue weighted by Gasteiger charge is 2.25. The van der Waals surface area contributed by atoms with E-state index < -0.39 is 0 Å². The van der Waals surface area contributed by atoms with E-state index in [0.29, 0.717) is 11.8 Å². The van der Waals surface area contributed by atoms with E-state index in [1.807, 2.05) is 16.8 Å². The van der Waals surface area contributed by atoms with Crippen molar-refractivity contribution in [2.45, 2.75) is 19.3 Å². The third kappa shape index (κ3) is 2.06. The fourth-order valence-corrected chi connectivity index (χ4v) is 2.91. The molecule has 0 bridgehead atoms. The highest BCUT2D eigenvalue weighted by molar-refractivity contribution is 5.66. The van der Waals surface area contributed by atoms with Crippen LogP contribution in [0.4, 0.5) is 5.82 Å². The summed E-state index contributed by atoms with van der Waals surface area (Å²) in [5, 5.41) is 7.66. The average Bonchev–Trinajstić information content (AvgIpc) is 3.04. The van der Waals surface area contributed by atoms with Crippen molar-refractivity contribution >= 4 is 11.3 Å². The fourth-order valence-electron chi connectivity index (χ4n) is 2.91. The van der Waals surface area contributed by atoms with E-state index in [0.717, 1.165) is 24.4 Å². The molecule has 2 aromatic rings. The van der Waals surface area contributed by atoms with Crippen LogP contribution in [0.5, 0.6) is 0 Å². The van der Waals surface area contributed by atoms with Crippen molar-refractivity contribution in [2.24, 2.45) is 17.6 Å². The van der Waals surface area contributed by atoms with Gasteiger partial charge in [-0.1, -0.05) is 6.42 Å². The second kappa shape index (κ2) is 4.94. The van der Waals surface area contributed by atoms with E-state index in [-0.39, 0.29) is 0 Å². The topological polar surface area (TPSA) is 68.2 Å². The summed E-state index contributed by atoms with van der Waals surface area (Å²) in [4.78, 5) is 4.39. The number of anilines is 1. The SMILES string of the molecule is NCC1CCCC1CNc1nccn2nccc12. The maximum atomic E-state index is 5.81. The molecule has 1 saturated carbocycles. The van der Waals surface area contributed by atoms with Gasteiger partial charge < -0.3 is 11.1 Å². The molecule has 1 aliphatic carbocycles. The maximum Gasteiger partial charge on any atom is 0.152 e. The predicted octanol–water partition coefficient (Wildman–Crippen LogP) is 1.52. The van der Waals surface area contributed by atoms with Crippen molar-refractivity contribution in [3.05, 3.63) is 24.7 Å². The number of rotatable bonds is 4. The van der Waals surface area contributed by atoms with Gasteiger partial charge in [-0.05, 0) is 37.3 Å². The van der Waals surface area contributed by atoms with E-state index in [9.17, 15) is 0 Å². The molecule has 0 spiro atoms. The first-order valence-electron chi connectivity index (χ1n) is 6.61.